The number of thioether (sulfide) groups is 1. The van der Waals surface area contributed by atoms with Gasteiger partial charge < -0.3 is 20.1 Å². The van der Waals surface area contributed by atoms with Gasteiger partial charge in [0.1, 0.15) is 12.6 Å². The van der Waals surface area contributed by atoms with Gasteiger partial charge in [-0.15, -0.1) is 11.8 Å². The molecule has 0 spiro atoms. The maximum atomic E-state index is 12.9. The molecule has 2 atom stereocenters. The van der Waals surface area contributed by atoms with Crippen LogP contribution in [0.2, 0.25) is 0 Å². The lowest BCUT2D eigenvalue weighted by Gasteiger charge is -2.29. The zero-order valence-electron chi connectivity index (χ0n) is 20.3. The first-order chi connectivity index (χ1) is 16.6. The number of hydrogen-bond donors (Lipinski definition) is 2. The largest absolute Gasteiger partial charge is 0.480 e. The minimum Gasteiger partial charge on any atom is -0.480 e. The highest BCUT2D eigenvalue weighted by molar-refractivity contribution is 7.99. The van der Waals surface area contributed by atoms with Crippen LogP contribution in [-0.4, -0.2) is 58.3 Å². The topological polar surface area (TPSA) is 95.9 Å². The molecule has 1 aliphatic carbocycles. The molecule has 0 bridgehead atoms. The SMILES string of the molecule is CC(C)(C)CC(CC(=O)N1CSCC1C(=O)O)NC(=O)OCC1c2ccccc2-c2ccccc21. The summed E-state index contributed by atoms with van der Waals surface area (Å²) in [6.45, 7) is 6.31. The first-order valence-electron chi connectivity index (χ1n) is 11.9. The van der Waals surface area contributed by atoms with Crippen LogP contribution in [0.1, 0.15) is 50.7 Å². The van der Waals surface area contributed by atoms with E-state index in [1.807, 2.05) is 45.0 Å². The molecule has 2 amide bonds. The second-order valence-corrected chi connectivity index (χ2v) is 11.4. The van der Waals surface area contributed by atoms with E-state index in [0.29, 0.717) is 18.1 Å². The molecule has 186 valence electrons. The molecular formula is C27H32N2O5S. The molecule has 7 nitrogen and oxygen atoms in total. The molecule has 2 unspecified atom stereocenters. The molecule has 8 heteroatoms. The number of nitrogens with one attached hydrogen (secondary N) is 1. The van der Waals surface area contributed by atoms with E-state index in [1.165, 1.54) is 16.7 Å². The van der Waals surface area contributed by atoms with Crippen molar-refractivity contribution in [1.82, 2.24) is 10.2 Å². The molecule has 0 radical (unpaired) electrons. The Morgan fingerprint density at radius 3 is 2.26 bits per heavy atom. The van der Waals surface area contributed by atoms with E-state index in [-0.39, 0.29) is 30.3 Å². The quantitative estimate of drug-likeness (QED) is 0.577. The number of carboxylic acid groups (broad SMARTS) is 1. The molecule has 1 aliphatic heterocycles. The normalized spacial score (nSPS) is 18.0. The average Bonchev–Trinajstić information content (AvgIpc) is 3.40. The number of carbonyl (C=O) groups excluding carboxylic acids is 2. The van der Waals surface area contributed by atoms with Crippen molar-refractivity contribution in [2.45, 2.75) is 51.6 Å². The summed E-state index contributed by atoms with van der Waals surface area (Å²) in [6.07, 6.45) is 0.0208. The summed E-state index contributed by atoms with van der Waals surface area (Å²) < 4.78 is 5.68. The number of carboxylic acids is 1. The van der Waals surface area contributed by atoms with Crippen LogP contribution in [0.25, 0.3) is 11.1 Å². The third-order valence-electron chi connectivity index (χ3n) is 6.43. The first-order valence-corrected chi connectivity index (χ1v) is 13.0. The molecule has 2 aromatic carbocycles. The number of carbonyl (C=O) groups is 3. The van der Waals surface area contributed by atoms with Crippen molar-refractivity contribution in [3.63, 3.8) is 0 Å². The molecule has 35 heavy (non-hydrogen) atoms. The number of aliphatic carboxylic acids is 1. The number of nitrogens with zero attached hydrogens (tertiary/aromatic N) is 1. The van der Waals surface area contributed by atoms with Crippen LogP contribution in [0.15, 0.2) is 48.5 Å². The Hall–Kier alpha value is -3.00. The standard InChI is InChI=1S/C27H32N2O5S/c1-27(2,3)13-17(12-24(30)29-16-35-15-23(29)25(31)32)28-26(33)34-14-22-20-10-6-4-8-18(20)19-9-5-7-11-21(19)22/h4-11,17,22-23H,12-16H2,1-3H3,(H,28,33)(H,31,32). The zero-order chi connectivity index (χ0) is 25.2. The molecule has 0 aromatic heterocycles. The van der Waals surface area contributed by atoms with E-state index < -0.39 is 24.1 Å². The lowest BCUT2D eigenvalue weighted by atomic mass is 9.87. The average molecular weight is 497 g/mol. The second kappa shape index (κ2) is 10.3. The van der Waals surface area contributed by atoms with Crippen molar-refractivity contribution in [2.24, 2.45) is 5.41 Å². The third kappa shape index (κ3) is 5.81. The summed E-state index contributed by atoms with van der Waals surface area (Å²) in [4.78, 5) is 38.7. The zero-order valence-corrected chi connectivity index (χ0v) is 21.1. The Balaban J connectivity index is 1.41. The number of alkyl carbamates (subject to hydrolysis) is 1. The van der Waals surface area contributed by atoms with E-state index in [1.54, 1.807) is 0 Å². The lowest BCUT2D eigenvalue weighted by molar-refractivity contribution is -0.148. The van der Waals surface area contributed by atoms with Crippen LogP contribution in [0, 0.1) is 5.41 Å². The summed E-state index contributed by atoms with van der Waals surface area (Å²) in [6, 6.07) is 15.0. The van der Waals surface area contributed by atoms with Crippen LogP contribution in [-0.2, 0) is 14.3 Å². The van der Waals surface area contributed by atoms with E-state index >= 15 is 0 Å². The second-order valence-electron chi connectivity index (χ2n) is 10.4. The molecule has 0 saturated carbocycles. The smallest absolute Gasteiger partial charge is 0.407 e. The van der Waals surface area contributed by atoms with Gasteiger partial charge in [0.2, 0.25) is 5.91 Å². The molecule has 1 saturated heterocycles. The fourth-order valence-electron chi connectivity index (χ4n) is 4.94. The Bertz CT molecular complexity index is 1070. The Labute approximate surface area is 210 Å². The van der Waals surface area contributed by atoms with Gasteiger partial charge in [-0.1, -0.05) is 69.3 Å². The number of fused-ring (bicyclic) bond motifs is 3. The molecular weight excluding hydrogens is 464 g/mol. The van der Waals surface area contributed by atoms with E-state index in [9.17, 15) is 19.5 Å². The monoisotopic (exact) mass is 496 g/mol. The molecule has 2 N–H and O–H groups in total. The Morgan fingerprint density at radius 1 is 1.09 bits per heavy atom. The summed E-state index contributed by atoms with van der Waals surface area (Å²) >= 11 is 1.42. The van der Waals surface area contributed by atoms with Gasteiger partial charge in [-0.25, -0.2) is 9.59 Å². The first kappa shape index (κ1) is 25.1. The van der Waals surface area contributed by atoms with Crippen molar-refractivity contribution >= 4 is 29.7 Å². The summed E-state index contributed by atoms with van der Waals surface area (Å²) in [7, 11) is 0. The Kier molecular flexibility index (Phi) is 7.40. The summed E-state index contributed by atoms with van der Waals surface area (Å²) in [5.41, 5.74) is 4.44. The molecule has 2 aliphatic rings. The minimum atomic E-state index is -1.000. The summed E-state index contributed by atoms with van der Waals surface area (Å²) in [5, 5.41) is 12.3. The third-order valence-corrected chi connectivity index (χ3v) is 7.45. The van der Waals surface area contributed by atoms with Crippen LogP contribution >= 0.6 is 11.8 Å². The maximum Gasteiger partial charge on any atom is 0.407 e. The number of amides is 2. The molecule has 2 aromatic rings. The van der Waals surface area contributed by atoms with Gasteiger partial charge in [-0.2, -0.15) is 0 Å². The highest BCUT2D eigenvalue weighted by atomic mass is 32.2. The van der Waals surface area contributed by atoms with Crippen LogP contribution in [0.3, 0.4) is 0 Å². The van der Waals surface area contributed by atoms with E-state index in [4.69, 9.17) is 4.74 Å². The van der Waals surface area contributed by atoms with Gasteiger partial charge in [0.15, 0.2) is 0 Å². The highest BCUT2D eigenvalue weighted by Crippen LogP contribution is 2.44. The Morgan fingerprint density at radius 2 is 1.69 bits per heavy atom. The van der Waals surface area contributed by atoms with Crippen LogP contribution in [0.5, 0.6) is 0 Å². The number of hydrogen-bond acceptors (Lipinski definition) is 5. The van der Waals surface area contributed by atoms with Gasteiger partial charge in [-0.3, -0.25) is 4.79 Å². The number of ether oxygens (including phenoxy) is 1. The molecule has 1 fully saturated rings. The van der Waals surface area contributed by atoms with Gasteiger partial charge in [0, 0.05) is 24.1 Å². The lowest BCUT2D eigenvalue weighted by Crippen LogP contribution is -2.46. The fraction of sp³-hybridized carbons (Fsp3) is 0.444. The summed E-state index contributed by atoms with van der Waals surface area (Å²) in [5.74, 6) is -0.585. The van der Waals surface area contributed by atoms with E-state index in [0.717, 1.165) is 22.3 Å². The highest BCUT2D eigenvalue weighted by Gasteiger charge is 2.36. The minimum absolute atomic E-state index is 0.0335. The molecule has 1 heterocycles. The van der Waals surface area contributed by atoms with Crippen molar-refractivity contribution < 1.29 is 24.2 Å². The van der Waals surface area contributed by atoms with Crippen molar-refractivity contribution in [1.29, 1.82) is 0 Å². The molecule has 4 rings (SSSR count). The fourth-order valence-corrected chi connectivity index (χ4v) is 6.11. The van der Waals surface area contributed by atoms with Crippen LogP contribution < -0.4 is 5.32 Å². The van der Waals surface area contributed by atoms with Crippen molar-refractivity contribution in [3.8, 4) is 11.1 Å². The van der Waals surface area contributed by atoms with Gasteiger partial charge in [0.05, 0.1) is 5.88 Å². The number of benzene rings is 2. The number of rotatable bonds is 7. The van der Waals surface area contributed by atoms with Gasteiger partial charge in [0.25, 0.3) is 0 Å². The predicted octanol–water partition coefficient (Wildman–Crippen LogP) is 4.71. The maximum absolute atomic E-state index is 12.9. The van der Waals surface area contributed by atoms with Crippen molar-refractivity contribution in [2.75, 3.05) is 18.2 Å². The van der Waals surface area contributed by atoms with Gasteiger partial charge >= 0.3 is 12.1 Å². The van der Waals surface area contributed by atoms with Crippen LogP contribution in [0.4, 0.5) is 4.79 Å². The van der Waals surface area contributed by atoms with E-state index in [2.05, 4.69) is 29.6 Å². The predicted molar refractivity (Wildman–Crippen MR) is 136 cm³/mol. The van der Waals surface area contributed by atoms with Gasteiger partial charge in [-0.05, 0) is 34.1 Å². The van der Waals surface area contributed by atoms with Crippen molar-refractivity contribution in [3.05, 3.63) is 59.7 Å².